The number of aromatic nitrogens is 8. The highest BCUT2D eigenvalue weighted by Crippen LogP contribution is 2.36. The normalized spacial score (nSPS) is 18.6. The van der Waals surface area contributed by atoms with Crippen LogP contribution in [0.1, 0.15) is 194 Å². The summed E-state index contributed by atoms with van der Waals surface area (Å²) in [6, 6.07) is 41.0. The van der Waals surface area contributed by atoms with Crippen LogP contribution in [0.4, 0.5) is 0 Å². The third-order valence-electron chi connectivity index (χ3n) is 25.2. The molecule has 12 heterocycles. The number of fused-ring (bicyclic) bond motifs is 8. The van der Waals surface area contributed by atoms with E-state index in [-0.39, 0.29) is 47.3 Å². The zero-order chi connectivity index (χ0) is 85.9. The number of aryl methyl sites for hydroxylation is 14. The molecule has 0 aliphatic carbocycles. The second-order valence-corrected chi connectivity index (χ2v) is 34.5. The number of imidazole rings is 4. The van der Waals surface area contributed by atoms with Crippen LogP contribution < -0.4 is 21.3 Å². The maximum Gasteiger partial charge on any atom is 0.255 e. The molecular formula is C98H99ClN16O8. The van der Waals surface area contributed by atoms with Crippen LogP contribution in [0.3, 0.4) is 0 Å². The van der Waals surface area contributed by atoms with Gasteiger partial charge in [0.05, 0.1) is 44.1 Å². The third kappa shape index (κ3) is 17.3. The molecule has 24 nitrogen and oxygen atoms in total. The molecule has 8 N–H and O–H groups in total. The predicted molar refractivity (Wildman–Crippen MR) is 474 cm³/mol. The van der Waals surface area contributed by atoms with Crippen molar-refractivity contribution in [2.75, 3.05) is 0 Å². The topological polar surface area (TPSA) is 312 Å². The van der Waals surface area contributed by atoms with Gasteiger partial charge in [-0.1, -0.05) is 92.5 Å². The van der Waals surface area contributed by atoms with Crippen molar-refractivity contribution in [2.45, 2.75) is 195 Å². The van der Waals surface area contributed by atoms with Crippen LogP contribution in [0.15, 0.2) is 176 Å². The zero-order valence-electron chi connectivity index (χ0n) is 70.1. The Kier molecular flexibility index (Phi) is 22.6. The second kappa shape index (κ2) is 33.9. The van der Waals surface area contributed by atoms with Crippen LogP contribution in [-0.4, -0.2) is 131 Å². The van der Waals surface area contributed by atoms with Crippen molar-refractivity contribution in [3.63, 3.8) is 0 Å². The monoisotopic (exact) mass is 1660 g/mol. The second-order valence-electron chi connectivity index (χ2n) is 34.1. The number of nitrogens with one attached hydrogen (secondary N) is 8. The average molecular weight is 1660 g/mol. The first-order valence-corrected chi connectivity index (χ1v) is 42.7. The lowest BCUT2D eigenvalue weighted by Crippen LogP contribution is -2.49. The minimum atomic E-state index is -0.431. The summed E-state index contributed by atoms with van der Waals surface area (Å²) in [6.07, 6.45) is 11.8. The first kappa shape index (κ1) is 82.0. The van der Waals surface area contributed by atoms with Gasteiger partial charge in [-0.05, 0) is 269 Å². The van der Waals surface area contributed by atoms with E-state index in [4.69, 9.17) is 21.6 Å². The molecule has 20 rings (SSSR count). The van der Waals surface area contributed by atoms with Crippen LogP contribution in [0, 0.1) is 41.5 Å². The highest BCUT2D eigenvalue weighted by molar-refractivity contribution is 6.32. The molecule has 25 heteroatoms. The SMILES string of the molecule is C=C1CCC(N2Cc3cc(CCc4nc5cc(C)c(C)cc5[nH]4)ccc3C2=O)C(=O)N1.C=C1CCC(N2Cc3cc(CCc4nc5cc(C)c(C)cc5[nH]4)ccc3C2=O)C(=O)N1.C=C1CCC(N2Cc3cc(CCc4nc5cc(Cl)c(C)cc5[nH]4)ccc3C2=O)C(=O)N1.C=C1CCC(N2Cc3cc(CCc4nc5ccc(C)cc5[nH]4)ccc3C2=O)C(=O)N1. The van der Waals surface area contributed by atoms with E-state index >= 15 is 0 Å². The van der Waals surface area contributed by atoms with E-state index < -0.39 is 24.2 Å². The number of aromatic amines is 4. The predicted octanol–water partition coefficient (Wildman–Crippen LogP) is 14.9. The molecule has 4 unspecified atom stereocenters. The van der Waals surface area contributed by atoms with Gasteiger partial charge < -0.3 is 60.8 Å². The summed E-state index contributed by atoms with van der Waals surface area (Å²) in [4.78, 5) is 140. The number of rotatable bonds is 16. The fraction of sp³-hybridized carbons (Fsp3) is 0.306. The van der Waals surface area contributed by atoms with Crippen molar-refractivity contribution < 1.29 is 38.4 Å². The van der Waals surface area contributed by atoms with Gasteiger partial charge in [0.2, 0.25) is 23.6 Å². The van der Waals surface area contributed by atoms with Gasteiger partial charge in [0.1, 0.15) is 47.5 Å². The lowest BCUT2D eigenvalue weighted by atomic mass is 10.0. The van der Waals surface area contributed by atoms with E-state index in [1.165, 1.54) is 44.5 Å². The Balaban J connectivity index is 0.000000116. The minimum Gasteiger partial charge on any atom is -0.342 e. The number of nitrogens with zero attached hydrogens (tertiary/aromatic N) is 8. The number of carbonyl (C=O) groups is 8. The van der Waals surface area contributed by atoms with Gasteiger partial charge in [-0.3, -0.25) is 38.4 Å². The number of allylic oxidation sites excluding steroid dienone is 4. The molecule has 4 saturated heterocycles. The largest absolute Gasteiger partial charge is 0.342 e. The number of amides is 8. The molecule has 8 aromatic carbocycles. The standard InChI is InChI=1S/2C25H26N4O2.C24H23ClN4O2.C24H24N4O2/c2*1-14-10-20-21(11-15(14)2)28-23(27-20)9-6-17-5-7-19-18(12-17)13-29(25(19)31)22-8-4-16(3)26-24(22)30;1-13-9-19-20(11-18(13)25)28-22(27-19)8-5-15-4-6-17-16(10-15)12-29(24(17)31)21-7-3-14(2)26-23(21)30;1-14-3-8-19-20(11-14)27-22(26-19)10-6-16-5-7-18-17(12-16)13-28(24(18)30)21-9-4-15(2)25-23(21)29/h2*5,7,10-12,22H,3-4,6,8-9,13H2,1-2H3,(H,26,30)(H,27,28);4,6,9-11,21H,2-3,5,7-8,12H2,1H3,(H,26,30)(H,27,28);3,5,7-8,11-12,21H,2,4,6,9-10,13H2,1H3,(H,25,29)(H,26,27). The Morgan fingerprint density at radius 3 is 0.886 bits per heavy atom. The molecule has 4 aromatic heterocycles. The molecule has 12 aromatic rings. The van der Waals surface area contributed by atoms with E-state index in [1.807, 2.05) is 73.7 Å². The van der Waals surface area contributed by atoms with Gasteiger partial charge in [0.15, 0.2) is 0 Å². The van der Waals surface area contributed by atoms with E-state index in [0.717, 1.165) is 175 Å². The quantitative estimate of drug-likeness (QED) is 0.0448. The molecule has 8 aliphatic rings. The summed E-state index contributed by atoms with van der Waals surface area (Å²) in [7, 11) is 0. The van der Waals surface area contributed by atoms with Crippen LogP contribution in [-0.2, 0) is 96.7 Å². The van der Waals surface area contributed by atoms with Crippen LogP contribution in [0.2, 0.25) is 5.02 Å². The number of hydrogen-bond acceptors (Lipinski definition) is 12. The van der Waals surface area contributed by atoms with E-state index in [1.54, 1.807) is 19.6 Å². The van der Waals surface area contributed by atoms with Gasteiger partial charge in [-0.2, -0.15) is 0 Å². The van der Waals surface area contributed by atoms with Gasteiger partial charge >= 0.3 is 0 Å². The smallest absolute Gasteiger partial charge is 0.255 e. The van der Waals surface area contributed by atoms with E-state index in [0.29, 0.717) is 105 Å². The number of benzene rings is 8. The molecular weight excluding hydrogens is 1560 g/mol. The van der Waals surface area contributed by atoms with Crippen LogP contribution in [0.25, 0.3) is 44.1 Å². The van der Waals surface area contributed by atoms with Crippen molar-refractivity contribution >= 4 is 103 Å². The van der Waals surface area contributed by atoms with Gasteiger partial charge in [-0.25, -0.2) is 19.9 Å². The minimum absolute atomic E-state index is 0.0581. The first-order valence-electron chi connectivity index (χ1n) is 42.3. The highest BCUT2D eigenvalue weighted by Gasteiger charge is 2.43. The highest BCUT2D eigenvalue weighted by atomic mass is 35.5. The van der Waals surface area contributed by atoms with E-state index in [9.17, 15) is 38.4 Å². The summed E-state index contributed by atoms with van der Waals surface area (Å²) in [5.74, 6) is 3.04. The molecule has 123 heavy (non-hydrogen) atoms. The molecule has 4 atom stereocenters. The summed E-state index contributed by atoms with van der Waals surface area (Å²) in [6.45, 7) is 29.7. The maximum absolute atomic E-state index is 12.9. The summed E-state index contributed by atoms with van der Waals surface area (Å²) in [5.41, 5.74) is 29.6. The Hall–Kier alpha value is -13.4. The van der Waals surface area contributed by atoms with Crippen molar-refractivity contribution in [3.8, 4) is 0 Å². The number of piperidine rings is 4. The van der Waals surface area contributed by atoms with Crippen LogP contribution >= 0.6 is 11.6 Å². The first-order chi connectivity index (χ1) is 59.1. The Morgan fingerprint density at radius 2 is 0.585 bits per heavy atom. The molecule has 8 aliphatic heterocycles. The average Bonchev–Trinajstić information content (AvgIpc) is 1.64. The molecule has 626 valence electrons. The Morgan fingerprint density at radius 1 is 0.317 bits per heavy atom. The Bertz CT molecular complexity index is 5880. The van der Waals surface area contributed by atoms with Crippen molar-refractivity contribution in [1.82, 2.24) is 80.7 Å². The number of halogens is 1. The summed E-state index contributed by atoms with van der Waals surface area (Å²) < 4.78 is 0. The zero-order valence-corrected chi connectivity index (χ0v) is 70.9. The van der Waals surface area contributed by atoms with Crippen molar-refractivity contribution in [2.24, 2.45) is 0 Å². The Labute approximate surface area is 717 Å². The van der Waals surface area contributed by atoms with Gasteiger partial charge in [-0.15, -0.1) is 0 Å². The third-order valence-corrected chi connectivity index (χ3v) is 25.6. The summed E-state index contributed by atoms with van der Waals surface area (Å²) in [5, 5.41) is 11.8. The van der Waals surface area contributed by atoms with E-state index in [2.05, 4.69) is 173 Å². The van der Waals surface area contributed by atoms with Crippen LogP contribution in [0.5, 0.6) is 0 Å². The fourth-order valence-corrected chi connectivity index (χ4v) is 18.1. The lowest BCUT2D eigenvalue weighted by molar-refractivity contribution is -0.127. The maximum atomic E-state index is 12.9. The summed E-state index contributed by atoms with van der Waals surface area (Å²) >= 11 is 6.21. The molecule has 0 spiro atoms. The van der Waals surface area contributed by atoms with Gasteiger partial charge in [0, 0.05) is 102 Å². The van der Waals surface area contributed by atoms with Gasteiger partial charge in [0.25, 0.3) is 23.6 Å². The lowest BCUT2D eigenvalue weighted by Gasteiger charge is -2.30. The molecule has 0 saturated carbocycles. The fourth-order valence-electron chi connectivity index (χ4n) is 18.0. The van der Waals surface area contributed by atoms with Crippen molar-refractivity contribution in [3.05, 3.63) is 305 Å². The molecule has 8 amide bonds. The molecule has 0 bridgehead atoms. The number of H-pyrrole nitrogens is 4. The molecule has 4 fully saturated rings. The number of hydrogen-bond donors (Lipinski definition) is 8. The number of carbonyl (C=O) groups excluding carboxylic acids is 8. The molecule has 0 radical (unpaired) electrons. The van der Waals surface area contributed by atoms with Crippen molar-refractivity contribution in [1.29, 1.82) is 0 Å².